The third kappa shape index (κ3) is 2.94. The van der Waals surface area contributed by atoms with Crippen LogP contribution in [0.5, 0.6) is 0 Å². The fraction of sp³-hybridized carbons (Fsp3) is 0.562. The minimum Gasteiger partial charge on any atom is -0.380 e. The van der Waals surface area contributed by atoms with E-state index < -0.39 is 0 Å². The highest BCUT2D eigenvalue weighted by molar-refractivity contribution is 5.90. The van der Waals surface area contributed by atoms with Gasteiger partial charge in [-0.2, -0.15) is 0 Å². The lowest BCUT2D eigenvalue weighted by atomic mass is 10.2. The Labute approximate surface area is 140 Å². The van der Waals surface area contributed by atoms with Gasteiger partial charge < -0.3 is 19.2 Å². The summed E-state index contributed by atoms with van der Waals surface area (Å²) in [5.74, 6) is 1.29. The molecule has 2 aliphatic heterocycles. The number of fused-ring (bicyclic) bond motifs is 1. The first-order valence-corrected chi connectivity index (χ1v) is 8.33. The summed E-state index contributed by atoms with van der Waals surface area (Å²) in [6, 6.07) is 0.516. The van der Waals surface area contributed by atoms with Crippen molar-refractivity contribution in [2.24, 2.45) is 7.05 Å². The van der Waals surface area contributed by atoms with E-state index in [-0.39, 0.29) is 5.91 Å². The first-order valence-electron chi connectivity index (χ1n) is 8.33. The van der Waals surface area contributed by atoms with Gasteiger partial charge in [-0.3, -0.25) is 9.69 Å². The molecule has 0 bridgehead atoms. The van der Waals surface area contributed by atoms with Crippen LogP contribution < -0.4 is 5.32 Å². The zero-order valence-corrected chi connectivity index (χ0v) is 13.8. The number of carbonyl (C=O) groups excluding carboxylic acids is 1. The molecular weight excluding hydrogens is 308 g/mol. The largest absolute Gasteiger partial charge is 0.380 e. The maximum Gasteiger partial charge on any atom is 0.287 e. The second-order valence-electron chi connectivity index (χ2n) is 6.37. The van der Waals surface area contributed by atoms with E-state index in [1.54, 1.807) is 24.0 Å². The van der Waals surface area contributed by atoms with Crippen LogP contribution in [-0.2, 0) is 31.4 Å². The van der Waals surface area contributed by atoms with E-state index in [0.29, 0.717) is 18.4 Å². The van der Waals surface area contributed by atoms with Gasteiger partial charge in [0.2, 0.25) is 0 Å². The van der Waals surface area contributed by atoms with Crippen molar-refractivity contribution >= 4 is 5.91 Å². The standard InChI is InChI=1S/C16H22N6O2/c1-20-4-3-17-15(20)16(23)18-8-12-9-22-6-5-21(10-14(22)19-12)13-2-7-24-11-13/h3-4,9,13H,2,5-8,10-11H2,1H3,(H,18,23). The van der Waals surface area contributed by atoms with Crippen LogP contribution in [0.25, 0.3) is 0 Å². The molecule has 4 rings (SSSR count). The Morgan fingerprint density at radius 2 is 2.38 bits per heavy atom. The molecule has 1 unspecified atom stereocenters. The monoisotopic (exact) mass is 330 g/mol. The van der Waals surface area contributed by atoms with Crippen molar-refractivity contribution in [2.45, 2.75) is 32.1 Å². The number of ether oxygens (including phenoxy) is 1. The van der Waals surface area contributed by atoms with E-state index in [1.807, 2.05) is 6.20 Å². The summed E-state index contributed by atoms with van der Waals surface area (Å²) in [6.07, 6.45) is 6.51. The van der Waals surface area contributed by atoms with E-state index >= 15 is 0 Å². The third-order valence-electron chi connectivity index (χ3n) is 4.76. The van der Waals surface area contributed by atoms with Gasteiger partial charge in [-0.1, -0.05) is 0 Å². The molecule has 1 N–H and O–H groups in total. The Morgan fingerprint density at radius 1 is 1.46 bits per heavy atom. The van der Waals surface area contributed by atoms with Gasteiger partial charge in [-0.05, 0) is 6.42 Å². The average molecular weight is 330 g/mol. The van der Waals surface area contributed by atoms with E-state index in [0.717, 1.165) is 50.8 Å². The molecular formula is C16H22N6O2. The number of aromatic nitrogens is 4. The molecule has 128 valence electrons. The number of aryl methyl sites for hydroxylation is 1. The third-order valence-corrected chi connectivity index (χ3v) is 4.76. The fourth-order valence-corrected chi connectivity index (χ4v) is 3.37. The second kappa shape index (κ2) is 6.37. The van der Waals surface area contributed by atoms with Gasteiger partial charge >= 0.3 is 0 Å². The highest BCUT2D eigenvalue weighted by Crippen LogP contribution is 2.19. The number of nitrogens with one attached hydrogen (secondary N) is 1. The summed E-state index contributed by atoms with van der Waals surface area (Å²) in [6.45, 7) is 4.91. The van der Waals surface area contributed by atoms with Crippen LogP contribution in [0.1, 0.15) is 28.6 Å². The Morgan fingerprint density at radius 3 is 3.12 bits per heavy atom. The Hall–Kier alpha value is -2.19. The van der Waals surface area contributed by atoms with Gasteiger partial charge in [0.05, 0.1) is 25.4 Å². The molecule has 0 spiro atoms. The zero-order chi connectivity index (χ0) is 16.5. The number of hydrogen-bond donors (Lipinski definition) is 1. The van der Waals surface area contributed by atoms with Gasteiger partial charge in [0.1, 0.15) is 5.82 Å². The highest BCUT2D eigenvalue weighted by Gasteiger charge is 2.27. The Bertz CT molecular complexity index is 731. The molecule has 0 aliphatic carbocycles. The normalized spacial score (nSPS) is 21.0. The first-order chi connectivity index (χ1) is 11.7. The summed E-state index contributed by atoms with van der Waals surface area (Å²) in [4.78, 5) is 23.3. The van der Waals surface area contributed by atoms with Crippen LogP contribution in [0.15, 0.2) is 18.6 Å². The van der Waals surface area contributed by atoms with Crippen LogP contribution >= 0.6 is 0 Å². The van der Waals surface area contributed by atoms with Crippen molar-refractivity contribution in [2.75, 3.05) is 19.8 Å². The van der Waals surface area contributed by atoms with E-state index in [1.165, 1.54) is 0 Å². The van der Waals surface area contributed by atoms with Crippen LogP contribution in [0.3, 0.4) is 0 Å². The smallest absolute Gasteiger partial charge is 0.287 e. The zero-order valence-electron chi connectivity index (χ0n) is 13.8. The summed E-state index contributed by atoms with van der Waals surface area (Å²) in [7, 11) is 1.80. The minimum absolute atomic E-state index is 0.182. The lowest BCUT2D eigenvalue weighted by molar-refractivity contribution is 0.0937. The summed E-state index contributed by atoms with van der Waals surface area (Å²) in [5, 5.41) is 2.89. The van der Waals surface area contributed by atoms with Gasteiger partial charge in [-0.15, -0.1) is 0 Å². The predicted octanol–water partition coefficient (Wildman–Crippen LogP) is 0.151. The van der Waals surface area contributed by atoms with E-state index in [9.17, 15) is 4.79 Å². The second-order valence-corrected chi connectivity index (χ2v) is 6.37. The molecule has 8 nitrogen and oxygen atoms in total. The average Bonchev–Trinajstić information content (AvgIpc) is 3.31. The number of hydrogen-bond acceptors (Lipinski definition) is 5. The van der Waals surface area contributed by atoms with Crippen molar-refractivity contribution in [3.8, 4) is 0 Å². The maximum atomic E-state index is 12.1. The number of carbonyl (C=O) groups is 1. The molecule has 24 heavy (non-hydrogen) atoms. The van der Waals surface area contributed by atoms with Crippen molar-refractivity contribution in [1.82, 2.24) is 29.3 Å². The van der Waals surface area contributed by atoms with Crippen LogP contribution in [0.4, 0.5) is 0 Å². The summed E-state index contributed by atoms with van der Waals surface area (Å²) >= 11 is 0. The number of rotatable bonds is 4. The van der Waals surface area contributed by atoms with Crippen molar-refractivity contribution in [3.05, 3.63) is 35.9 Å². The number of nitrogens with zero attached hydrogens (tertiary/aromatic N) is 5. The first kappa shape index (κ1) is 15.3. The van der Waals surface area contributed by atoms with Crippen molar-refractivity contribution in [1.29, 1.82) is 0 Å². The summed E-state index contributed by atoms with van der Waals surface area (Å²) < 4.78 is 9.38. The molecule has 8 heteroatoms. The summed E-state index contributed by atoms with van der Waals surface area (Å²) in [5.41, 5.74) is 0.886. The van der Waals surface area contributed by atoms with Gasteiger partial charge in [0.25, 0.3) is 5.91 Å². The minimum atomic E-state index is -0.182. The number of amides is 1. The molecule has 0 saturated carbocycles. The highest BCUT2D eigenvalue weighted by atomic mass is 16.5. The van der Waals surface area contributed by atoms with E-state index in [4.69, 9.17) is 4.74 Å². The van der Waals surface area contributed by atoms with Gasteiger partial charge in [0.15, 0.2) is 5.82 Å². The lowest BCUT2D eigenvalue weighted by Gasteiger charge is -2.31. The maximum absolute atomic E-state index is 12.1. The number of imidazole rings is 2. The molecule has 2 aromatic rings. The van der Waals surface area contributed by atoms with Gasteiger partial charge in [0, 0.05) is 51.4 Å². The lowest BCUT2D eigenvalue weighted by Crippen LogP contribution is -2.41. The molecule has 1 atom stereocenters. The molecule has 0 aromatic carbocycles. The molecule has 2 aromatic heterocycles. The van der Waals surface area contributed by atoms with E-state index in [2.05, 4.69) is 24.8 Å². The topological polar surface area (TPSA) is 77.2 Å². The van der Waals surface area contributed by atoms with Crippen LogP contribution in [0, 0.1) is 0 Å². The molecule has 1 saturated heterocycles. The molecule has 0 radical (unpaired) electrons. The molecule has 1 fully saturated rings. The van der Waals surface area contributed by atoms with Gasteiger partial charge in [-0.25, -0.2) is 9.97 Å². The van der Waals surface area contributed by atoms with Crippen LogP contribution in [0.2, 0.25) is 0 Å². The van der Waals surface area contributed by atoms with Crippen molar-refractivity contribution < 1.29 is 9.53 Å². The Balaban J connectivity index is 1.38. The predicted molar refractivity (Wildman–Crippen MR) is 86.2 cm³/mol. The Kier molecular flexibility index (Phi) is 4.07. The van der Waals surface area contributed by atoms with Crippen LogP contribution in [-0.4, -0.2) is 55.7 Å². The fourth-order valence-electron chi connectivity index (χ4n) is 3.37. The molecule has 2 aliphatic rings. The molecule has 1 amide bonds. The van der Waals surface area contributed by atoms with Crippen molar-refractivity contribution in [3.63, 3.8) is 0 Å². The SMILES string of the molecule is Cn1ccnc1C(=O)NCc1cn2c(n1)CN(C1CCOC1)CC2. The molecule has 4 heterocycles. The quantitative estimate of drug-likeness (QED) is 0.864.